The van der Waals surface area contributed by atoms with Gasteiger partial charge >= 0.3 is 0 Å². The molecule has 2 aromatic heterocycles. The summed E-state index contributed by atoms with van der Waals surface area (Å²) >= 11 is 0. The number of aromatic nitrogens is 2. The van der Waals surface area contributed by atoms with Crippen molar-refractivity contribution < 1.29 is 35.5 Å². The highest BCUT2D eigenvalue weighted by Gasteiger charge is 2.25. The Morgan fingerprint density at radius 2 is 1.82 bits per heavy atom. The molecule has 0 spiro atoms. The van der Waals surface area contributed by atoms with Gasteiger partial charge in [0.1, 0.15) is 18.0 Å². The van der Waals surface area contributed by atoms with Crippen LogP contribution in [0.3, 0.4) is 0 Å². The normalized spacial score (nSPS) is 11.6. The molecular weight excluding hydrogens is 566 g/mol. The Morgan fingerprint density at radius 1 is 1.10 bits per heavy atom. The fourth-order valence-corrected chi connectivity index (χ4v) is 6.27. The predicted octanol–water partition coefficient (Wildman–Crippen LogP) is 3.30. The standard InChI is InChI=1S/C26H22F2N4O6S2/c1-2-13-39(35,36)31-22-11-10-21(27)23(24(22)28)26(34)30-18-14-20-17(7-6-12-33)16-32(25(20)29-15-18)40(37,38)19-8-4-3-5-9-19/h3-5,8-11,14-16,31,33H,2,12-13H2,1H3,(H,30,34). The minimum atomic E-state index is -4.10. The number of sulfonamides is 1. The monoisotopic (exact) mass is 588 g/mol. The number of anilines is 2. The van der Waals surface area contributed by atoms with Gasteiger partial charge in [0.15, 0.2) is 11.5 Å². The van der Waals surface area contributed by atoms with Crippen LogP contribution in [-0.4, -0.2) is 49.2 Å². The molecule has 0 fully saturated rings. The van der Waals surface area contributed by atoms with Crippen molar-refractivity contribution in [2.24, 2.45) is 0 Å². The van der Waals surface area contributed by atoms with E-state index in [0.29, 0.717) is 0 Å². The van der Waals surface area contributed by atoms with E-state index < -0.39 is 55.4 Å². The van der Waals surface area contributed by atoms with Crippen molar-refractivity contribution in [3.05, 3.63) is 83.7 Å². The van der Waals surface area contributed by atoms with Crippen LogP contribution < -0.4 is 10.0 Å². The van der Waals surface area contributed by atoms with E-state index in [2.05, 4.69) is 22.1 Å². The molecule has 0 aliphatic carbocycles. The molecule has 3 N–H and O–H groups in total. The Morgan fingerprint density at radius 3 is 2.50 bits per heavy atom. The lowest BCUT2D eigenvalue weighted by molar-refractivity contribution is 0.101. The SMILES string of the molecule is CCCS(=O)(=O)Nc1ccc(F)c(C(=O)Nc2cnc3c(c2)c(C#CCO)cn3S(=O)(=O)c2ccccc2)c1F. The zero-order valence-electron chi connectivity index (χ0n) is 20.9. The molecule has 0 bridgehead atoms. The summed E-state index contributed by atoms with van der Waals surface area (Å²) in [6, 6.07) is 10.5. The smallest absolute Gasteiger partial charge is 0.269 e. The molecule has 1 amide bonds. The van der Waals surface area contributed by atoms with Gasteiger partial charge in [-0.05, 0) is 36.8 Å². The molecule has 14 heteroatoms. The minimum Gasteiger partial charge on any atom is -0.384 e. The van der Waals surface area contributed by atoms with E-state index in [-0.39, 0.29) is 39.4 Å². The van der Waals surface area contributed by atoms with Gasteiger partial charge in [-0.25, -0.2) is 34.6 Å². The summed E-state index contributed by atoms with van der Waals surface area (Å²) in [7, 11) is -8.03. The van der Waals surface area contributed by atoms with Gasteiger partial charge in [0, 0.05) is 11.6 Å². The molecule has 40 heavy (non-hydrogen) atoms. The van der Waals surface area contributed by atoms with Crippen LogP contribution in [-0.2, 0) is 20.0 Å². The number of hydrogen-bond acceptors (Lipinski definition) is 7. The van der Waals surface area contributed by atoms with E-state index in [1.165, 1.54) is 24.4 Å². The van der Waals surface area contributed by atoms with Gasteiger partial charge in [0.25, 0.3) is 15.9 Å². The average molecular weight is 589 g/mol. The number of pyridine rings is 1. The first-order valence-corrected chi connectivity index (χ1v) is 14.8. The van der Waals surface area contributed by atoms with Crippen molar-refractivity contribution in [2.45, 2.75) is 18.2 Å². The molecule has 0 aliphatic heterocycles. The summed E-state index contributed by atoms with van der Waals surface area (Å²) in [6.45, 7) is 1.09. The number of benzene rings is 2. The molecule has 2 heterocycles. The lowest BCUT2D eigenvalue weighted by atomic mass is 10.1. The van der Waals surface area contributed by atoms with Gasteiger partial charge in [0.05, 0.1) is 33.8 Å². The molecule has 0 saturated carbocycles. The first-order chi connectivity index (χ1) is 19.0. The zero-order chi connectivity index (χ0) is 29.1. The number of fused-ring (bicyclic) bond motifs is 1. The molecule has 208 valence electrons. The third-order valence-corrected chi connectivity index (χ3v) is 8.67. The van der Waals surface area contributed by atoms with Crippen molar-refractivity contribution in [2.75, 3.05) is 22.4 Å². The Labute approximate surface area is 228 Å². The van der Waals surface area contributed by atoms with Crippen molar-refractivity contribution in [3.8, 4) is 11.8 Å². The Bertz CT molecular complexity index is 1880. The molecule has 0 unspecified atom stereocenters. The van der Waals surface area contributed by atoms with Crippen molar-refractivity contribution in [1.29, 1.82) is 0 Å². The molecule has 0 radical (unpaired) electrons. The highest BCUT2D eigenvalue weighted by molar-refractivity contribution is 7.92. The number of aliphatic hydroxyl groups excluding tert-OH is 1. The number of nitrogens with zero attached hydrogens (tertiary/aromatic N) is 2. The summed E-state index contributed by atoms with van der Waals surface area (Å²) in [5.41, 5.74) is -1.60. The molecular formula is C26H22F2N4O6S2. The van der Waals surface area contributed by atoms with Gasteiger partial charge in [-0.15, -0.1) is 0 Å². The van der Waals surface area contributed by atoms with Crippen LogP contribution in [0, 0.1) is 23.5 Å². The second-order valence-corrected chi connectivity index (χ2v) is 12.0. The molecule has 4 rings (SSSR count). The van der Waals surface area contributed by atoms with Crippen LogP contribution in [0.2, 0.25) is 0 Å². The maximum absolute atomic E-state index is 15.1. The van der Waals surface area contributed by atoms with Crippen LogP contribution in [0.25, 0.3) is 11.0 Å². The molecule has 0 saturated heterocycles. The summed E-state index contributed by atoms with van der Waals surface area (Å²) < 4.78 is 83.1. The molecule has 4 aromatic rings. The fourth-order valence-electron chi connectivity index (χ4n) is 3.79. The van der Waals surface area contributed by atoms with E-state index in [0.717, 1.165) is 22.3 Å². The van der Waals surface area contributed by atoms with E-state index in [1.54, 1.807) is 25.1 Å². The number of carbonyl (C=O) groups is 1. The van der Waals surface area contributed by atoms with E-state index in [4.69, 9.17) is 5.11 Å². The van der Waals surface area contributed by atoms with E-state index >= 15 is 4.39 Å². The van der Waals surface area contributed by atoms with Crippen molar-refractivity contribution in [1.82, 2.24) is 8.96 Å². The number of hydrogen-bond donors (Lipinski definition) is 3. The average Bonchev–Trinajstić information content (AvgIpc) is 3.28. The minimum absolute atomic E-state index is 0.0202. The predicted molar refractivity (Wildman–Crippen MR) is 145 cm³/mol. The van der Waals surface area contributed by atoms with Crippen molar-refractivity contribution in [3.63, 3.8) is 0 Å². The number of nitrogens with one attached hydrogen (secondary N) is 2. The zero-order valence-corrected chi connectivity index (χ0v) is 22.5. The fraction of sp³-hybridized carbons (Fsp3) is 0.154. The second kappa shape index (κ2) is 11.4. The maximum atomic E-state index is 15.1. The van der Waals surface area contributed by atoms with Gasteiger partial charge in [-0.2, -0.15) is 0 Å². The summed E-state index contributed by atoms with van der Waals surface area (Å²) in [6.07, 6.45) is 2.55. The Kier molecular flexibility index (Phi) is 8.19. The number of carbonyl (C=O) groups excluding carboxylic acids is 1. The van der Waals surface area contributed by atoms with Gasteiger partial charge in [-0.3, -0.25) is 9.52 Å². The lowest BCUT2D eigenvalue weighted by Crippen LogP contribution is -2.20. The second-order valence-electron chi connectivity index (χ2n) is 8.37. The third kappa shape index (κ3) is 5.81. The first-order valence-electron chi connectivity index (χ1n) is 11.7. The number of aliphatic hydroxyl groups is 1. The Balaban J connectivity index is 1.74. The molecule has 2 aromatic carbocycles. The van der Waals surface area contributed by atoms with Gasteiger partial charge in [0.2, 0.25) is 10.0 Å². The van der Waals surface area contributed by atoms with Crippen molar-refractivity contribution >= 4 is 48.4 Å². The number of halogens is 2. The third-order valence-electron chi connectivity index (χ3n) is 5.53. The van der Waals surface area contributed by atoms with E-state index in [1.807, 2.05) is 4.72 Å². The Hall–Kier alpha value is -4.32. The van der Waals surface area contributed by atoms with Crippen LogP contribution in [0.4, 0.5) is 20.2 Å². The summed E-state index contributed by atoms with van der Waals surface area (Å²) in [4.78, 5) is 17.0. The van der Waals surface area contributed by atoms with Crippen LogP contribution in [0.5, 0.6) is 0 Å². The van der Waals surface area contributed by atoms with Crippen LogP contribution >= 0.6 is 0 Å². The highest BCUT2D eigenvalue weighted by atomic mass is 32.2. The van der Waals surface area contributed by atoms with Gasteiger partial charge < -0.3 is 10.4 Å². The summed E-state index contributed by atoms with van der Waals surface area (Å²) in [5.74, 6) is 0.846. The molecule has 10 nitrogen and oxygen atoms in total. The highest BCUT2D eigenvalue weighted by Crippen LogP contribution is 2.28. The number of amides is 1. The quantitative estimate of drug-likeness (QED) is 0.268. The maximum Gasteiger partial charge on any atom is 0.269 e. The van der Waals surface area contributed by atoms with E-state index in [9.17, 15) is 26.0 Å². The first kappa shape index (κ1) is 28.7. The van der Waals surface area contributed by atoms with Gasteiger partial charge in [-0.1, -0.05) is 37.0 Å². The lowest BCUT2D eigenvalue weighted by Gasteiger charge is -2.12. The number of rotatable bonds is 8. The van der Waals surface area contributed by atoms with Crippen LogP contribution in [0.15, 0.2) is 65.8 Å². The molecule has 0 aliphatic rings. The summed E-state index contributed by atoms with van der Waals surface area (Å²) in [5, 5.41) is 11.6. The topological polar surface area (TPSA) is 147 Å². The van der Waals surface area contributed by atoms with Crippen LogP contribution in [0.1, 0.15) is 29.3 Å². The largest absolute Gasteiger partial charge is 0.384 e. The molecule has 0 atom stereocenters.